The molecule has 0 radical (unpaired) electrons. The number of fused-ring (bicyclic) bond motifs is 1. The van der Waals surface area contributed by atoms with Crippen molar-refractivity contribution in [3.63, 3.8) is 0 Å². The first kappa shape index (κ1) is 19.2. The van der Waals surface area contributed by atoms with Crippen molar-refractivity contribution in [1.29, 1.82) is 0 Å². The highest BCUT2D eigenvalue weighted by Crippen LogP contribution is 2.28. The minimum Gasteiger partial charge on any atom is -0.310 e. The number of para-hydroxylation sites is 1. The third-order valence-corrected chi connectivity index (χ3v) is 6.08. The molecule has 1 fully saturated rings. The van der Waals surface area contributed by atoms with Gasteiger partial charge in [0.15, 0.2) is 0 Å². The molecule has 28 heavy (non-hydrogen) atoms. The molecule has 2 heterocycles. The van der Waals surface area contributed by atoms with Crippen LogP contribution in [-0.2, 0) is 24.3 Å². The van der Waals surface area contributed by atoms with Gasteiger partial charge in [-0.2, -0.15) is 0 Å². The summed E-state index contributed by atoms with van der Waals surface area (Å²) in [5.74, 6) is 0.165. The summed E-state index contributed by atoms with van der Waals surface area (Å²) in [6.45, 7) is 6.91. The summed E-state index contributed by atoms with van der Waals surface area (Å²) in [5, 5.41) is 3.47. The molecule has 0 aromatic heterocycles. The summed E-state index contributed by atoms with van der Waals surface area (Å²) < 4.78 is 0. The standard InChI is InChI=1S/C24H31N3O/c1-19(24(28)27-16-13-20-9-5-6-12-23(20)27)25-17-21-10-3-4-11-22(21)18-26-14-7-2-8-15-26/h3-6,9-12,19,25H,2,7-8,13-18H2,1H3/t19-/m0/s1. The van der Waals surface area contributed by atoms with Gasteiger partial charge in [-0.05, 0) is 62.0 Å². The maximum Gasteiger partial charge on any atom is 0.243 e. The lowest BCUT2D eigenvalue weighted by Crippen LogP contribution is -2.44. The number of nitrogens with one attached hydrogen (secondary N) is 1. The highest BCUT2D eigenvalue weighted by atomic mass is 16.2. The Labute approximate surface area is 168 Å². The zero-order chi connectivity index (χ0) is 19.3. The quantitative estimate of drug-likeness (QED) is 0.833. The van der Waals surface area contributed by atoms with Gasteiger partial charge in [0.2, 0.25) is 5.91 Å². The summed E-state index contributed by atoms with van der Waals surface area (Å²) in [7, 11) is 0. The molecule has 2 aliphatic heterocycles. The van der Waals surface area contributed by atoms with Gasteiger partial charge in [0.25, 0.3) is 0 Å². The van der Waals surface area contributed by atoms with Crippen LogP contribution in [-0.4, -0.2) is 36.5 Å². The molecule has 4 heteroatoms. The zero-order valence-corrected chi connectivity index (χ0v) is 16.9. The lowest BCUT2D eigenvalue weighted by Gasteiger charge is -2.27. The van der Waals surface area contributed by atoms with Crippen LogP contribution in [0.1, 0.15) is 42.9 Å². The minimum absolute atomic E-state index is 0.165. The van der Waals surface area contributed by atoms with Crippen LogP contribution in [0.2, 0.25) is 0 Å². The Kier molecular flexibility index (Phi) is 6.08. The molecular weight excluding hydrogens is 346 g/mol. The van der Waals surface area contributed by atoms with Crippen LogP contribution in [0.5, 0.6) is 0 Å². The lowest BCUT2D eigenvalue weighted by atomic mass is 10.0. The Bertz CT molecular complexity index is 813. The highest BCUT2D eigenvalue weighted by Gasteiger charge is 2.27. The monoisotopic (exact) mass is 377 g/mol. The molecule has 148 valence electrons. The Morgan fingerprint density at radius 1 is 0.964 bits per heavy atom. The number of piperidine rings is 1. The summed E-state index contributed by atoms with van der Waals surface area (Å²) in [6, 6.07) is 16.7. The van der Waals surface area contributed by atoms with Crippen LogP contribution in [0, 0.1) is 0 Å². The molecule has 1 saturated heterocycles. The van der Waals surface area contributed by atoms with E-state index in [2.05, 4.69) is 46.6 Å². The maximum atomic E-state index is 13.0. The van der Waals surface area contributed by atoms with Crippen LogP contribution in [0.4, 0.5) is 5.69 Å². The van der Waals surface area contributed by atoms with Gasteiger partial charge in [0.1, 0.15) is 0 Å². The molecule has 2 aromatic rings. The second-order valence-electron chi connectivity index (χ2n) is 8.08. The van der Waals surface area contributed by atoms with Gasteiger partial charge in [-0.25, -0.2) is 0 Å². The van der Waals surface area contributed by atoms with Crippen molar-refractivity contribution in [2.75, 3.05) is 24.5 Å². The van der Waals surface area contributed by atoms with Gasteiger partial charge >= 0.3 is 0 Å². The molecular formula is C24H31N3O. The van der Waals surface area contributed by atoms with E-state index in [1.165, 1.54) is 49.0 Å². The molecule has 1 amide bonds. The van der Waals surface area contributed by atoms with Crippen molar-refractivity contribution in [2.45, 2.75) is 51.7 Å². The van der Waals surface area contributed by atoms with E-state index in [-0.39, 0.29) is 11.9 Å². The van der Waals surface area contributed by atoms with Crippen molar-refractivity contribution in [3.8, 4) is 0 Å². The fourth-order valence-electron chi connectivity index (χ4n) is 4.39. The fourth-order valence-corrected chi connectivity index (χ4v) is 4.39. The molecule has 0 aliphatic carbocycles. The molecule has 2 aliphatic rings. The number of benzene rings is 2. The maximum absolute atomic E-state index is 13.0. The number of nitrogens with zero attached hydrogens (tertiary/aromatic N) is 2. The summed E-state index contributed by atoms with van der Waals surface area (Å²) in [6.07, 6.45) is 4.93. The van der Waals surface area contributed by atoms with Crippen molar-refractivity contribution < 1.29 is 4.79 Å². The minimum atomic E-state index is -0.200. The van der Waals surface area contributed by atoms with Crippen molar-refractivity contribution in [1.82, 2.24) is 10.2 Å². The van der Waals surface area contributed by atoms with Crippen LogP contribution >= 0.6 is 0 Å². The van der Waals surface area contributed by atoms with E-state index < -0.39 is 0 Å². The number of amides is 1. The summed E-state index contributed by atoms with van der Waals surface area (Å²) in [4.78, 5) is 17.5. The lowest BCUT2D eigenvalue weighted by molar-refractivity contribution is -0.120. The van der Waals surface area contributed by atoms with Gasteiger partial charge in [0, 0.05) is 25.3 Å². The molecule has 0 unspecified atom stereocenters. The van der Waals surface area contributed by atoms with E-state index in [9.17, 15) is 4.79 Å². The number of anilines is 1. The molecule has 4 rings (SSSR count). The average molecular weight is 378 g/mol. The Balaban J connectivity index is 1.37. The van der Waals surface area contributed by atoms with Gasteiger partial charge in [-0.3, -0.25) is 9.69 Å². The second-order valence-corrected chi connectivity index (χ2v) is 8.08. The van der Waals surface area contributed by atoms with E-state index in [1.54, 1.807) is 0 Å². The molecule has 1 N–H and O–H groups in total. The van der Waals surface area contributed by atoms with Crippen LogP contribution < -0.4 is 10.2 Å². The average Bonchev–Trinajstić information content (AvgIpc) is 3.17. The first-order valence-electron chi connectivity index (χ1n) is 10.6. The van der Waals surface area contributed by atoms with Gasteiger partial charge in [0.05, 0.1) is 6.04 Å². The first-order valence-corrected chi connectivity index (χ1v) is 10.6. The first-order chi connectivity index (χ1) is 13.7. The number of likely N-dealkylation sites (tertiary alicyclic amines) is 1. The van der Waals surface area contributed by atoms with E-state index in [4.69, 9.17) is 0 Å². The van der Waals surface area contributed by atoms with Crippen LogP contribution in [0.15, 0.2) is 48.5 Å². The Morgan fingerprint density at radius 3 is 2.50 bits per heavy atom. The number of hydrogen-bond acceptors (Lipinski definition) is 3. The number of carbonyl (C=O) groups excluding carboxylic acids is 1. The second kappa shape index (κ2) is 8.89. The van der Waals surface area contributed by atoms with Gasteiger partial charge in [-0.1, -0.05) is 48.9 Å². The molecule has 0 spiro atoms. The normalized spacial score (nSPS) is 18.1. The SMILES string of the molecule is C[C@H](NCc1ccccc1CN1CCCCC1)C(=O)N1CCc2ccccc21. The number of rotatable bonds is 6. The molecule has 1 atom stereocenters. The van der Waals surface area contributed by atoms with Crippen molar-refractivity contribution in [2.24, 2.45) is 0 Å². The van der Waals surface area contributed by atoms with E-state index in [0.29, 0.717) is 0 Å². The van der Waals surface area contributed by atoms with Crippen LogP contribution in [0.3, 0.4) is 0 Å². The summed E-state index contributed by atoms with van der Waals surface area (Å²) >= 11 is 0. The highest BCUT2D eigenvalue weighted by molar-refractivity contribution is 5.98. The number of carbonyl (C=O) groups is 1. The van der Waals surface area contributed by atoms with E-state index >= 15 is 0 Å². The largest absolute Gasteiger partial charge is 0.310 e. The molecule has 0 saturated carbocycles. The molecule has 0 bridgehead atoms. The van der Waals surface area contributed by atoms with Gasteiger partial charge < -0.3 is 10.2 Å². The third kappa shape index (κ3) is 4.29. The third-order valence-electron chi connectivity index (χ3n) is 6.08. The fraction of sp³-hybridized carbons (Fsp3) is 0.458. The van der Waals surface area contributed by atoms with Crippen molar-refractivity contribution >= 4 is 11.6 Å². The van der Waals surface area contributed by atoms with Crippen molar-refractivity contribution in [3.05, 3.63) is 65.2 Å². The smallest absolute Gasteiger partial charge is 0.243 e. The molecule has 4 nitrogen and oxygen atoms in total. The number of hydrogen-bond donors (Lipinski definition) is 1. The molecule has 2 aromatic carbocycles. The predicted octanol–water partition coefficient (Wildman–Crippen LogP) is 3.74. The Hall–Kier alpha value is -2.17. The predicted molar refractivity (Wildman–Crippen MR) is 114 cm³/mol. The zero-order valence-electron chi connectivity index (χ0n) is 16.9. The Morgan fingerprint density at radius 2 is 1.68 bits per heavy atom. The van der Waals surface area contributed by atoms with Crippen LogP contribution in [0.25, 0.3) is 0 Å². The summed E-state index contributed by atoms with van der Waals surface area (Å²) in [5.41, 5.74) is 5.03. The topological polar surface area (TPSA) is 35.6 Å². The van der Waals surface area contributed by atoms with E-state index in [1.807, 2.05) is 24.0 Å². The van der Waals surface area contributed by atoms with E-state index in [0.717, 1.165) is 31.7 Å². The van der Waals surface area contributed by atoms with Gasteiger partial charge in [-0.15, -0.1) is 0 Å².